The van der Waals surface area contributed by atoms with E-state index in [4.69, 9.17) is 10.9 Å². The van der Waals surface area contributed by atoms with Gasteiger partial charge < -0.3 is 15.8 Å². The van der Waals surface area contributed by atoms with Crippen molar-refractivity contribution in [2.24, 2.45) is 10.9 Å². The Labute approximate surface area is 155 Å². The summed E-state index contributed by atoms with van der Waals surface area (Å²) in [4.78, 5) is 17.9. The van der Waals surface area contributed by atoms with Crippen molar-refractivity contribution in [3.05, 3.63) is 29.3 Å². The van der Waals surface area contributed by atoms with Gasteiger partial charge in [0.1, 0.15) is 0 Å². The highest BCUT2D eigenvalue weighted by atomic mass is 16.4. The normalized spacial score (nSPS) is 20.7. The number of hydrazone groups is 1. The van der Waals surface area contributed by atoms with Gasteiger partial charge >= 0.3 is 5.97 Å². The Hall–Kier alpha value is -2.12. The summed E-state index contributed by atoms with van der Waals surface area (Å²) in [5.74, 6) is 4.51. The van der Waals surface area contributed by atoms with Crippen LogP contribution in [0.5, 0.6) is 0 Å². The molecule has 7 nitrogen and oxygen atoms in total. The summed E-state index contributed by atoms with van der Waals surface area (Å²) in [6.07, 6.45) is 3.81. The number of carboxylic acids is 1. The van der Waals surface area contributed by atoms with E-state index in [1.807, 2.05) is 4.90 Å². The highest BCUT2D eigenvalue weighted by molar-refractivity contribution is 5.81. The van der Waals surface area contributed by atoms with Gasteiger partial charge in [0.25, 0.3) is 0 Å². The zero-order chi connectivity index (χ0) is 18.5. The van der Waals surface area contributed by atoms with Gasteiger partial charge in [-0.05, 0) is 43.0 Å². The lowest BCUT2D eigenvalue weighted by Gasteiger charge is -2.43. The fourth-order valence-electron chi connectivity index (χ4n) is 4.16. The van der Waals surface area contributed by atoms with Crippen molar-refractivity contribution in [1.82, 2.24) is 9.80 Å². The van der Waals surface area contributed by atoms with Crippen LogP contribution in [-0.2, 0) is 4.79 Å². The first-order chi connectivity index (χ1) is 12.6. The standard InChI is InChI=1S/C19H29N5O2/c1-15-12-16(13-21-20)2-3-18(15)24-10-8-23(9-11-24)17-4-6-22(7-5-17)14-19(25)26/h2-3,12-13,17H,4-11,14,20H2,1H3,(H,25,26). The summed E-state index contributed by atoms with van der Waals surface area (Å²) in [6.45, 7) is 8.27. The number of benzene rings is 1. The van der Waals surface area contributed by atoms with E-state index in [9.17, 15) is 4.79 Å². The molecule has 7 heteroatoms. The first-order valence-corrected chi connectivity index (χ1v) is 9.34. The molecule has 0 bridgehead atoms. The van der Waals surface area contributed by atoms with Crippen molar-refractivity contribution < 1.29 is 9.90 Å². The lowest BCUT2D eigenvalue weighted by Crippen LogP contribution is -2.53. The van der Waals surface area contributed by atoms with Crippen LogP contribution >= 0.6 is 0 Å². The van der Waals surface area contributed by atoms with Gasteiger partial charge in [-0.25, -0.2) is 0 Å². The quantitative estimate of drug-likeness (QED) is 0.463. The minimum Gasteiger partial charge on any atom is -0.480 e. The summed E-state index contributed by atoms with van der Waals surface area (Å²) in [5.41, 5.74) is 3.56. The number of carbonyl (C=O) groups is 1. The number of aliphatic carboxylic acids is 1. The molecule has 0 spiro atoms. The molecule has 0 amide bonds. The Morgan fingerprint density at radius 1 is 1.23 bits per heavy atom. The number of aryl methyl sites for hydroxylation is 1. The summed E-state index contributed by atoms with van der Waals surface area (Å²) in [5, 5.41) is 12.5. The molecule has 0 atom stereocenters. The third-order valence-corrected chi connectivity index (χ3v) is 5.53. The second kappa shape index (κ2) is 8.51. The van der Waals surface area contributed by atoms with E-state index in [0.29, 0.717) is 6.04 Å². The number of rotatable bonds is 5. The molecule has 26 heavy (non-hydrogen) atoms. The molecule has 2 aliphatic rings. The number of hydrogen-bond acceptors (Lipinski definition) is 6. The molecule has 0 saturated carbocycles. The van der Waals surface area contributed by atoms with Crippen molar-refractivity contribution in [2.45, 2.75) is 25.8 Å². The van der Waals surface area contributed by atoms with Gasteiger partial charge in [0, 0.05) is 51.0 Å². The highest BCUT2D eigenvalue weighted by Gasteiger charge is 2.28. The van der Waals surface area contributed by atoms with Crippen LogP contribution in [0, 0.1) is 6.92 Å². The summed E-state index contributed by atoms with van der Waals surface area (Å²) >= 11 is 0. The fourth-order valence-corrected chi connectivity index (χ4v) is 4.16. The maximum Gasteiger partial charge on any atom is 0.317 e. The number of piperazine rings is 1. The first-order valence-electron chi connectivity index (χ1n) is 9.34. The van der Waals surface area contributed by atoms with Crippen LogP contribution in [0.4, 0.5) is 5.69 Å². The highest BCUT2D eigenvalue weighted by Crippen LogP contribution is 2.24. The Kier molecular flexibility index (Phi) is 6.11. The van der Waals surface area contributed by atoms with Gasteiger partial charge in [0.2, 0.25) is 0 Å². The average molecular weight is 359 g/mol. The zero-order valence-electron chi connectivity index (χ0n) is 15.5. The Morgan fingerprint density at radius 3 is 2.50 bits per heavy atom. The molecule has 0 aliphatic carbocycles. The second-order valence-electron chi connectivity index (χ2n) is 7.25. The number of likely N-dealkylation sites (tertiary alicyclic amines) is 1. The van der Waals surface area contributed by atoms with Gasteiger partial charge in [0.15, 0.2) is 0 Å². The van der Waals surface area contributed by atoms with E-state index in [2.05, 4.69) is 40.0 Å². The lowest BCUT2D eigenvalue weighted by atomic mass is 10.0. The van der Waals surface area contributed by atoms with Crippen LogP contribution < -0.4 is 10.7 Å². The molecule has 1 aromatic rings. The monoisotopic (exact) mass is 359 g/mol. The van der Waals surface area contributed by atoms with Crippen molar-refractivity contribution in [1.29, 1.82) is 0 Å². The van der Waals surface area contributed by atoms with Gasteiger partial charge in [-0.3, -0.25) is 14.6 Å². The molecule has 2 saturated heterocycles. The van der Waals surface area contributed by atoms with Crippen LogP contribution in [0.15, 0.2) is 23.3 Å². The number of anilines is 1. The number of hydrogen-bond donors (Lipinski definition) is 2. The summed E-state index contributed by atoms with van der Waals surface area (Å²) in [6, 6.07) is 6.93. The maximum absolute atomic E-state index is 10.8. The predicted molar refractivity (Wildman–Crippen MR) is 104 cm³/mol. The van der Waals surface area contributed by atoms with Crippen LogP contribution in [0.2, 0.25) is 0 Å². The van der Waals surface area contributed by atoms with Gasteiger partial charge in [-0.2, -0.15) is 5.10 Å². The Balaban J connectivity index is 1.51. The van der Waals surface area contributed by atoms with E-state index >= 15 is 0 Å². The van der Waals surface area contributed by atoms with E-state index in [1.165, 1.54) is 11.3 Å². The minimum absolute atomic E-state index is 0.171. The largest absolute Gasteiger partial charge is 0.480 e. The van der Waals surface area contributed by atoms with E-state index in [1.54, 1.807) is 6.21 Å². The SMILES string of the molecule is Cc1cc(C=NN)ccc1N1CCN(C2CCN(CC(=O)O)CC2)CC1. The Bertz CT molecular complexity index is 647. The molecule has 3 rings (SSSR count). The molecule has 1 aromatic carbocycles. The van der Waals surface area contributed by atoms with Crippen LogP contribution in [0.3, 0.4) is 0 Å². The average Bonchev–Trinajstić information content (AvgIpc) is 2.63. The number of piperidine rings is 1. The summed E-state index contributed by atoms with van der Waals surface area (Å²) < 4.78 is 0. The minimum atomic E-state index is -0.726. The zero-order valence-corrected chi connectivity index (χ0v) is 15.5. The number of nitrogens with zero attached hydrogens (tertiary/aromatic N) is 4. The number of nitrogens with two attached hydrogens (primary N) is 1. The molecule has 0 aromatic heterocycles. The molecule has 0 unspecified atom stereocenters. The third-order valence-electron chi connectivity index (χ3n) is 5.53. The molecule has 142 valence electrons. The third kappa shape index (κ3) is 4.53. The molecule has 2 aliphatic heterocycles. The van der Waals surface area contributed by atoms with Crippen LogP contribution in [0.1, 0.15) is 24.0 Å². The summed E-state index contributed by atoms with van der Waals surface area (Å²) in [7, 11) is 0. The van der Waals surface area contributed by atoms with Crippen molar-refractivity contribution >= 4 is 17.9 Å². The van der Waals surface area contributed by atoms with Crippen molar-refractivity contribution in [2.75, 3.05) is 50.7 Å². The van der Waals surface area contributed by atoms with E-state index in [-0.39, 0.29) is 6.54 Å². The molecule has 2 heterocycles. The predicted octanol–water partition coefficient (Wildman–Crippen LogP) is 0.959. The van der Waals surface area contributed by atoms with Crippen molar-refractivity contribution in [3.8, 4) is 0 Å². The molecule has 0 radical (unpaired) electrons. The molecular formula is C19H29N5O2. The smallest absolute Gasteiger partial charge is 0.317 e. The first kappa shape index (κ1) is 18.7. The maximum atomic E-state index is 10.8. The topological polar surface area (TPSA) is 85.4 Å². The second-order valence-corrected chi connectivity index (χ2v) is 7.25. The lowest BCUT2D eigenvalue weighted by molar-refractivity contribution is -0.138. The molecule has 2 fully saturated rings. The van der Waals surface area contributed by atoms with Crippen molar-refractivity contribution in [3.63, 3.8) is 0 Å². The van der Waals surface area contributed by atoms with Gasteiger partial charge in [-0.1, -0.05) is 6.07 Å². The van der Waals surface area contributed by atoms with Gasteiger partial charge in [0.05, 0.1) is 12.8 Å². The van der Waals surface area contributed by atoms with Crippen LogP contribution in [-0.4, -0.2) is 78.9 Å². The fraction of sp³-hybridized carbons (Fsp3) is 0.579. The number of carboxylic acid groups (broad SMARTS) is 1. The molecule has 3 N–H and O–H groups in total. The van der Waals surface area contributed by atoms with Crippen LogP contribution in [0.25, 0.3) is 0 Å². The Morgan fingerprint density at radius 2 is 1.92 bits per heavy atom. The van der Waals surface area contributed by atoms with E-state index in [0.717, 1.165) is 57.7 Å². The molecular weight excluding hydrogens is 330 g/mol. The van der Waals surface area contributed by atoms with E-state index < -0.39 is 5.97 Å². The van der Waals surface area contributed by atoms with Gasteiger partial charge in [-0.15, -0.1) is 0 Å².